The Morgan fingerprint density at radius 3 is 2.97 bits per heavy atom. The van der Waals surface area contributed by atoms with Gasteiger partial charge in [-0.1, -0.05) is 0 Å². The number of rotatable bonds is 3. The number of phenols is 1. The number of aromatic hydroxyl groups is 1. The van der Waals surface area contributed by atoms with Crippen LogP contribution in [0.5, 0.6) is 5.75 Å². The van der Waals surface area contributed by atoms with E-state index in [0.717, 1.165) is 30.5 Å². The van der Waals surface area contributed by atoms with Crippen molar-refractivity contribution < 1.29 is 9.50 Å². The van der Waals surface area contributed by atoms with Gasteiger partial charge >= 0.3 is 0 Å². The Labute approximate surface area is 173 Å². The molecular formula is C22H23FN6O. The van der Waals surface area contributed by atoms with Crippen LogP contribution in [0.25, 0.3) is 23.0 Å². The fourth-order valence-corrected chi connectivity index (χ4v) is 4.56. The third-order valence-electron chi connectivity index (χ3n) is 6.10. The Hall–Kier alpha value is -3.13. The quantitative estimate of drug-likeness (QED) is 0.693. The van der Waals surface area contributed by atoms with Gasteiger partial charge in [-0.25, -0.2) is 14.4 Å². The Balaban J connectivity index is 1.39. The first kappa shape index (κ1) is 18.9. The molecule has 0 saturated carbocycles. The van der Waals surface area contributed by atoms with Crippen molar-refractivity contribution in [3.63, 3.8) is 0 Å². The molecule has 2 aliphatic heterocycles. The molecule has 2 bridgehead atoms. The van der Waals surface area contributed by atoms with Crippen LogP contribution >= 0.6 is 0 Å². The van der Waals surface area contributed by atoms with Crippen LogP contribution in [0.4, 0.5) is 4.39 Å². The number of imidazole rings is 1. The zero-order chi connectivity index (χ0) is 20.7. The van der Waals surface area contributed by atoms with E-state index in [1.165, 1.54) is 0 Å². The highest BCUT2D eigenvalue weighted by molar-refractivity contribution is 5.68. The molecule has 5 rings (SSSR count). The number of phenolic OH excluding ortho intramolecular Hbond substituents is 1. The van der Waals surface area contributed by atoms with Gasteiger partial charge in [0.25, 0.3) is 0 Å². The highest BCUT2D eigenvalue weighted by Crippen LogP contribution is 2.39. The van der Waals surface area contributed by atoms with Crippen molar-refractivity contribution in [2.24, 2.45) is 0 Å². The summed E-state index contributed by atoms with van der Waals surface area (Å²) >= 11 is 0. The lowest BCUT2D eigenvalue weighted by Crippen LogP contribution is -2.61. The first-order chi connectivity index (χ1) is 14.5. The maximum Gasteiger partial charge on any atom is 0.174 e. The van der Waals surface area contributed by atoms with Crippen LogP contribution in [-0.4, -0.2) is 47.6 Å². The molecule has 154 valence electrons. The summed E-state index contributed by atoms with van der Waals surface area (Å²) in [6.45, 7) is 1.95. The van der Waals surface area contributed by atoms with Gasteiger partial charge in [-0.2, -0.15) is 0 Å². The van der Waals surface area contributed by atoms with E-state index in [-0.39, 0.29) is 5.75 Å². The Bertz CT molecular complexity index is 1080. The number of halogens is 1. The van der Waals surface area contributed by atoms with Crippen LogP contribution in [0.3, 0.4) is 0 Å². The highest BCUT2D eigenvalue weighted by Gasteiger charge is 2.45. The van der Waals surface area contributed by atoms with Crippen molar-refractivity contribution in [3.05, 3.63) is 54.5 Å². The first-order valence-corrected chi connectivity index (χ1v) is 10.2. The second kappa shape index (κ2) is 7.28. The number of piperidine rings is 2. The molecule has 2 saturated heterocycles. The number of aromatic nitrogens is 5. The third-order valence-corrected chi connectivity index (χ3v) is 6.10. The standard InChI is InChI=1S/C22H23FN6O/c1-22-6-2-3-15(26-22)9-14(21(22)23)10-20-25-12-18(27-28-20)17-5-4-16(11-19(17)30)29-8-7-24-13-29/h4-5,7-8,10-13,15,21,26,30H,2-3,6,9H2,1H3/b14-10+/t15?,21-,22+/m1/s1. The molecule has 0 spiro atoms. The monoisotopic (exact) mass is 406 g/mol. The largest absolute Gasteiger partial charge is 0.507 e. The van der Waals surface area contributed by atoms with E-state index in [1.54, 1.807) is 47.7 Å². The highest BCUT2D eigenvalue weighted by atomic mass is 19.1. The molecule has 2 fully saturated rings. The molecule has 2 aliphatic rings. The van der Waals surface area contributed by atoms with Gasteiger partial charge < -0.3 is 15.0 Å². The van der Waals surface area contributed by atoms with E-state index >= 15 is 4.39 Å². The van der Waals surface area contributed by atoms with Crippen LogP contribution in [0, 0.1) is 0 Å². The normalized spacial score (nSPS) is 27.3. The van der Waals surface area contributed by atoms with Gasteiger partial charge in [0.2, 0.25) is 0 Å². The van der Waals surface area contributed by atoms with E-state index in [2.05, 4.69) is 25.5 Å². The molecule has 2 aromatic heterocycles. The number of benzene rings is 1. The van der Waals surface area contributed by atoms with Crippen molar-refractivity contribution in [2.45, 2.75) is 50.4 Å². The number of hydrogen-bond acceptors (Lipinski definition) is 6. The molecule has 0 aliphatic carbocycles. The van der Waals surface area contributed by atoms with Crippen molar-refractivity contribution in [3.8, 4) is 22.7 Å². The lowest BCUT2D eigenvalue weighted by Gasteiger charge is -2.47. The molecule has 4 heterocycles. The smallest absolute Gasteiger partial charge is 0.174 e. The zero-order valence-electron chi connectivity index (χ0n) is 16.7. The topological polar surface area (TPSA) is 88.8 Å². The Morgan fingerprint density at radius 2 is 2.23 bits per heavy atom. The molecule has 0 radical (unpaired) electrons. The minimum absolute atomic E-state index is 0.0753. The van der Waals surface area contributed by atoms with Crippen molar-refractivity contribution >= 4 is 6.08 Å². The average molecular weight is 406 g/mol. The summed E-state index contributed by atoms with van der Waals surface area (Å²) < 4.78 is 16.9. The molecule has 30 heavy (non-hydrogen) atoms. The van der Waals surface area contributed by atoms with Gasteiger partial charge in [-0.05, 0) is 56.4 Å². The third kappa shape index (κ3) is 3.37. The number of nitrogens with zero attached hydrogens (tertiary/aromatic N) is 5. The summed E-state index contributed by atoms with van der Waals surface area (Å²) in [5.41, 5.74) is 1.99. The van der Waals surface area contributed by atoms with E-state index in [9.17, 15) is 5.11 Å². The van der Waals surface area contributed by atoms with E-state index in [4.69, 9.17) is 0 Å². The van der Waals surface area contributed by atoms with Crippen LogP contribution < -0.4 is 5.32 Å². The fraction of sp³-hybridized carbons (Fsp3) is 0.364. The summed E-state index contributed by atoms with van der Waals surface area (Å²) in [6.07, 6.45) is 11.0. The molecular weight excluding hydrogens is 383 g/mol. The van der Waals surface area contributed by atoms with E-state index in [0.29, 0.717) is 29.5 Å². The van der Waals surface area contributed by atoms with Crippen molar-refractivity contribution in [1.82, 2.24) is 30.0 Å². The molecule has 2 N–H and O–H groups in total. The van der Waals surface area contributed by atoms with Gasteiger partial charge in [-0.15, -0.1) is 10.2 Å². The second-order valence-corrected chi connectivity index (χ2v) is 8.31. The molecule has 3 aromatic rings. The number of nitrogens with one attached hydrogen (secondary N) is 1. The molecule has 7 nitrogen and oxygen atoms in total. The fourth-order valence-electron chi connectivity index (χ4n) is 4.56. The number of fused-ring (bicyclic) bond motifs is 2. The second-order valence-electron chi connectivity index (χ2n) is 8.31. The number of hydrogen-bond donors (Lipinski definition) is 2. The summed E-state index contributed by atoms with van der Waals surface area (Å²) in [6, 6.07) is 5.56. The van der Waals surface area contributed by atoms with Gasteiger partial charge in [0, 0.05) is 30.1 Å². The van der Waals surface area contributed by atoms with E-state index in [1.807, 2.05) is 13.0 Å². The van der Waals surface area contributed by atoms with E-state index < -0.39 is 11.7 Å². The maximum atomic E-state index is 15.1. The minimum Gasteiger partial charge on any atom is -0.507 e. The van der Waals surface area contributed by atoms with Gasteiger partial charge in [0.05, 0.1) is 23.8 Å². The lowest BCUT2D eigenvalue weighted by molar-refractivity contribution is 0.0993. The summed E-state index contributed by atoms with van der Waals surface area (Å²) in [5.74, 6) is 0.459. The minimum atomic E-state index is -1.06. The molecule has 1 unspecified atom stereocenters. The molecule has 1 aromatic carbocycles. The van der Waals surface area contributed by atoms with Crippen LogP contribution in [-0.2, 0) is 0 Å². The number of alkyl halides is 1. The zero-order valence-corrected chi connectivity index (χ0v) is 16.7. The molecule has 0 amide bonds. The summed E-state index contributed by atoms with van der Waals surface area (Å²) in [7, 11) is 0. The maximum absolute atomic E-state index is 15.1. The van der Waals surface area contributed by atoms with Gasteiger partial charge in [0.15, 0.2) is 5.82 Å². The first-order valence-electron chi connectivity index (χ1n) is 10.2. The predicted molar refractivity (Wildman–Crippen MR) is 111 cm³/mol. The average Bonchev–Trinajstić information content (AvgIpc) is 3.28. The molecule has 3 atom stereocenters. The SMILES string of the molecule is C[C@]12CCCC(C/C(=C\c3ncc(-c4ccc(-n5ccnc5)cc4O)nn3)[C@H]1F)N2. The van der Waals surface area contributed by atoms with Crippen LogP contribution in [0.1, 0.15) is 38.4 Å². The van der Waals surface area contributed by atoms with Crippen molar-refractivity contribution in [1.29, 1.82) is 0 Å². The lowest BCUT2D eigenvalue weighted by atomic mass is 9.74. The van der Waals surface area contributed by atoms with Gasteiger partial charge in [0.1, 0.15) is 17.6 Å². The van der Waals surface area contributed by atoms with Crippen LogP contribution in [0.2, 0.25) is 0 Å². The Morgan fingerprint density at radius 1 is 1.33 bits per heavy atom. The Kier molecular flexibility index (Phi) is 4.58. The van der Waals surface area contributed by atoms with Crippen molar-refractivity contribution in [2.75, 3.05) is 0 Å². The van der Waals surface area contributed by atoms with Crippen LogP contribution in [0.15, 0.2) is 48.7 Å². The molecule has 8 heteroatoms. The summed E-state index contributed by atoms with van der Waals surface area (Å²) in [4.78, 5) is 8.36. The summed E-state index contributed by atoms with van der Waals surface area (Å²) in [5, 5.41) is 22.2. The van der Waals surface area contributed by atoms with Gasteiger partial charge in [-0.3, -0.25) is 0 Å². The predicted octanol–water partition coefficient (Wildman–Crippen LogP) is 3.46.